The van der Waals surface area contributed by atoms with Gasteiger partial charge < -0.3 is 10.0 Å². The molecule has 1 amide bonds. The molecule has 3 aliphatic carbocycles. The summed E-state index contributed by atoms with van der Waals surface area (Å²) < 4.78 is 0. The first-order chi connectivity index (χ1) is 12.5. The van der Waals surface area contributed by atoms with Gasteiger partial charge in [-0.15, -0.1) is 12.3 Å². The highest BCUT2D eigenvalue weighted by atomic mass is 16.4. The summed E-state index contributed by atoms with van der Waals surface area (Å²) in [6, 6.07) is 0. The predicted molar refractivity (Wildman–Crippen MR) is 95.1 cm³/mol. The lowest BCUT2D eigenvalue weighted by atomic mass is 9.53. The molecule has 2 bridgehead atoms. The molecule has 1 N–H and O–H groups in total. The smallest absolute Gasteiger partial charge is 0.307 e. The molecule has 2 heterocycles. The highest BCUT2D eigenvalue weighted by Gasteiger charge is 2.65. The third kappa shape index (κ3) is 2.82. The third-order valence-electron chi connectivity index (χ3n) is 7.36. The first kappa shape index (κ1) is 17.5. The molecule has 0 spiro atoms. The normalized spacial score (nSPS) is 36.3. The van der Waals surface area contributed by atoms with E-state index in [2.05, 4.69) is 16.1 Å². The van der Waals surface area contributed by atoms with Crippen molar-refractivity contribution in [2.24, 2.45) is 33.4 Å². The van der Waals surface area contributed by atoms with E-state index in [1.807, 2.05) is 4.90 Å². The van der Waals surface area contributed by atoms with Crippen LogP contribution in [0.2, 0.25) is 0 Å². The quantitative estimate of drug-likeness (QED) is 0.711. The van der Waals surface area contributed by atoms with Crippen LogP contribution in [0.5, 0.6) is 0 Å². The van der Waals surface area contributed by atoms with E-state index in [1.165, 1.54) is 0 Å². The van der Waals surface area contributed by atoms with Gasteiger partial charge in [-0.2, -0.15) is 10.2 Å². The average Bonchev–Trinajstić information content (AvgIpc) is 3.09. The number of carbonyl (C=O) groups is 2. The number of nitrogens with zero attached hydrogens (tertiary/aromatic N) is 3. The maximum absolute atomic E-state index is 12.7. The lowest BCUT2D eigenvalue weighted by molar-refractivity contribution is -0.162. The van der Waals surface area contributed by atoms with Crippen LogP contribution in [0.1, 0.15) is 57.8 Å². The van der Waals surface area contributed by atoms with Crippen LogP contribution in [0.25, 0.3) is 0 Å². The predicted octanol–water partition coefficient (Wildman–Crippen LogP) is 3.08. The van der Waals surface area contributed by atoms with E-state index < -0.39 is 11.6 Å². The van der Waals surface area contributed by atoms with Crippen LogP contribution in [0, 0.1) is 35.5 Å². The van der Waals surface area contributed by atoms with Gasteiger partial charge in [-0.25, -0.2) is 0 Å². The number of likely N-dealkylation sites (tertiary alicyclic amines) is 1. The summed E-state index contributed by atoms with van der Waals surface area (Å²) >= 11 is 0. The SMILES string of the molecule is C#CCCC1(CCC(=O)N2CCCC(C34CCC(C3)C4C(=O)O)C2)N=N1. The molecule has 4 atom stereocenters. The molecule has 0 aromatic heterocycles. The Morgan fingerprint density at radius 1 is 1.27 bits per heavy atom. The second-order valence-electron chi connectivity index (χ2n) is 8.62. The Morgan fingerprint density at radius 3 is 2.73 bits per heavy atom. The molecule has 140 valence electrons. The van der Waals surface area contributed by atoms with E-state index in [-0.39, 0.29) is 17.2 Å². The van der Waals surface area contributed by atoms with Crippen LogP contribution in [0.4, 0.5) is 0 Å². The van der Waals surface area contributed by atoms with E-state index in [4.69, 9.17) is 6.42 Å². The molecule has 5 rings (SSSR count). The summed E-state index contributed by atoms with van der Waals surface area (Å²) in [5.74, 6) is 2.66. The van der Waals surface area contributed by atoms with Crippen molar-refractivity contribution in [3.8, 4) is 12.3 Å². The number of fused-ring (bicyclic) bond motifs is 1. The van der Waals surface area contributed by atoms with Gasteiger partial charge in [0.15, 0.2) is 5.66 Å². The average molecular weight is 357 g/mol. The number of amides is 1. The Balaban J connectivity index is 1.33. The standard InChI is InChI=1S/C20H27N3O3/c1-2-3-8-20(21-22-20)10-7-16(24)23-11-4-5-15(13-23)19-9-6-14(12-19)17(19)18(25)26/h1,14-15,17H,3-13H2,(H,25,26). The number of carbonyl (C=O) groups excluding carboxylic acids is 1. The molecule has 0 radical (unpaired) electrons. The molecule has 2 aliphatic heterocycles. The van der Waals surface area contributed by atoms with Gasteiger partial charge >= 0.3 is 5.97 Å². The van der Waals surface area contributed by atoms with Crippen LogP contribution in [0.15, 0.2) is 10.2 Å². The third-order valence-corrected chi connectivity index (χ3v) is 7.36. The zero-order chi connectivity index (χ0) is 18.4. The Morgan fingerprint density at radius 2 is 2.08 bits per heavy atom. The van der Waals surface area contributed by atoms with E-state index in [9.17, 15) is 14.7 Å². The van der Waals surface area contributed by atoms with Crippen molar-refractivity contribution < 1.29 is 14.7 Å². The lowest BCUT2D eigenvalue weighted by Gasteiger charge is -2.52. The monoisotopic (exact) mass is 357 g/mol. The highest BCUT2D eigenvalue weighted by Crippen LogP contribution is 2.67. The Labute approximate surface area is 154 Å². The van der Waals surface area contributed by atoms with Gasteiger partial charge in [-0.05, 0) is 49.4 Å². The van der Waals surface area contributed by atoms with Crippen LogP contribution < -0.4 is 0 Å². The first-order valence-electron chi connectivity index (χ1n) is 9.88. The number of carboxylic acids is 1. The maximum atomic E-state index is 12.7. The fourth-order valence-corrected chi connectivity index (χ4v) is 5.90. The Kier molecular flexibility index (Phi) is 4.29. The zero-order valence-electron chi connectivity index (χ0n) is 15.2. The topological polar surface area (TPSA) is 82.3 Å². The van der Waals surface area contributed by atoms with E-state index in [0.29, 0.717) is 31.1 Å². The number of terminal acetylenes is 1. The van der Waals surface area contributed by atoms with Gasteiger partial charge in [-0.1, -0.05) is 0 Å². The van der Waals surface area contributed by atoms with Gasteiger partial charge in [0.05, 0.1) is 5.92 Å². The van der Waals surface area contributed by atoms with Crippen molar-refractivity contribution in [2.45, 2.75) is 63.5 Å². The van der Waals surface area contributed by atoms with Crippen molar-refractivity contribution in [1.29, 1.82) is 0 Å². The molecule has 0 aromatic carbocycles. The minimum atomic E-state index is -0.630. The lowest BCUT2D eigenvalue weighted by Crippen LogP contribution is -2.54. The van der Waals surface area contributed by atoms with Gasteiger partial charge in [0, 0.05) is 38.8 Å². The van der Waals surface area contributed by atoms with Crippen LogP contribution in [0.3, 0.4) is 0 Å². The number of piperidine rings is 1. The number of rotatable bonds is 7. The molecular weight excluding hydrogens is 330 g/mol. The molecule has 1 saturated heterocycles. The van der Waals surface area contributed by atoms with Gasteiger partial charge in [0.2, 0.25) is 5.91 Å². The number of aliphatic carboxylic acids is 1. The van der Waals surface area contributed by atoms with E-state index in [0.717, 1.165) is 51.6 Å². The number of carboxylic acid groups (broad SMARTS) is 1. The molecule has 0 aromatic rings. The van der Waals surface area contributed by atoms with Crippen LogP contribution in [-0.4, -0.2) is 40.6 Å². The number of hydrogen-bond donors (Lipinski definition) is 1. The molecule has 6 heteroatoms. The minimum Gasteiger partial charge on any atom is -0.481 e. The summed E-state index contributed by atoms with van der Waals surface area (Å²) in [6.07, 6.45) is 12.9. The molecule has 26 heavy (non-hydrogen) atoms. The van der Waals surface area contributed by atoms with Crippen molar-refractivity contribution in [2.75, 3.05) is 13.1 Å². The van der Waals surface area contributed by atoms with E-state index >= 15 is 0 Å². The summed E-state index contributed by atoms with van der Waals surface area (Å²) in [6.45, 7) is 1.51. The largest absolute Gasteiger partial charge is 0.481 e. The fraction of sp³-hybridized carbons (Fsp3) is 0.800. The second-order valence-corrected chi connectivity index (χ2v) is 8.62. The summed E-state index contributed by atoms with van der Waals surface area (Å²) in [5, 5.41) is 17.8. The molecular formula is C20H27N3O3. The first-order valence-corrected chi connectivity index (χ1v) is 9.88. The Hall–Kier alpha value is -1.90. The van der Waals surface area contributed by atoms with Crippen molar-refractivity contribution >= 4 is 11.9 Å². The maximum Gasteiger partial charge on any atom is 0.307 e. The molecule has 5 aliphatic rings. The van der Waals surface area contributed by atoms with Crippen LogP contribution >= 0.6 is 0 Å². The zero-order valence-corrected chi connectivity index (χ0v) is 15.2. The molecule has 3 saturated carbocycles. The molecule has 4 fully saturated rings. The summed E-state index contributed by atoms with van der Waals surface area (Å²) in [5.41, 5.74) is -0.457. The van der Waals surface area contributed by atoms with E-state index in [1.54, 1.807) is 0 Å². The second kappa shape index (κ2) is 6.37. The minimum absolute atomic E-state index is 0.0510. The van der Waals surface area contributed by atoms with Crippen molar-refractivity contribution in [1.82, 2.24) is 4.90 Å². The Bertz CT molecular complexity index is 672. The van der Waals surface area contributed by atoms with Crippen molar-refractivity contribution in [3.63, 3.8) is 0 Å². The molecule has 6 nitrogen and oxygen atoms in total. The molecule has 4 unspecified atom stereocenters. The van der Waals surface area contributed by atoms with Crippen molar-refractivity contribution in [3.05, 3.63) is 0 Å². The highest BCUT2D eigenvalue weighted by molar-refractivity contribution is 5.76. The fourth-order valence-electron chi connectivity index (χ4n) is 5.90. The van der Waals surface area contributed by atoms with Gasteiger partial charge in [0.1, 0.15) is 0 Å². The number of hydrogen-bond acceptors (Lipinski definition) is 4. The summed E-state index contributed by atoms with van der Waals surface area (Å²) in [4.78, 5) is 26.4. The summed E-state index contributed by atoms with van der Waals surface area (Å²) in [7, 11) is 0. The van der Waals surface area contributed by atoms with Crippen LogP contribution in [-0.2, 0) is 9.59 Å². The van der Waals surface area contributed by atoms with Gasteiger partial charge in [-0.3, -0.25) is 9.59 Å². The van der Waals surface area contributed by atoms with Gasteiger partial charge in [0.25, 0.3) is 0 Å².